The Kier molecular flexibility index (Phi) is 6.45. The van der Waals surface area contributed by atoms with Crippen LogP contribution in [0.5, 0.6) is 5.75 Å². The van der Waals surface area contributed by atoms with Gasteiger partial charge >= 0.3 is 0 Å². The SMILES string of the molecule is CCOc1cc(C)ccc1NS(=O)(=O)CCCCCl. The van der Waals surface area contributed by atoms with Crippen LogP contribution < -0.4 is 9.46 Å². The molecule has 4 nitrogen and oxygen atoms in total. The van der Waals surface area contributed by atoms with Crippen molar-refractivity contribution < 1.29 is 13.2 Å². The monoisotopic (exact) mass is 305 g/mol. The smallest absolute Gasteiger partial charge is 0.232 e. The summed E-state index contributed by atoms with van der Waals surface area (Å²) in [6.07, 6.45) is 1.24. The molecule has 0 unspecified atom stereocenters. The normalized spacial score (nSPS) is 11.3. The lowest BCUT2D eigenvalue weighted by Gasteiger charge is -2.13. The zero-order chi connectivity index (χ0) is 14.3. The van der Waals surface area contributed by atoms with Crippen molar-refractivity contribution in [2.75, 3.05) is 23.0 Å². The van der Waals surface area contributed by atoms with E-state index < -0.39 is 10.0 Å². The van der Waals surface area contributed by atoms with Gasteiger partial charge in [-0.05, 0) is 44.4 Å². The highest BCUT2D eigenvalue weighted by Crippen LogP contribution is 2.26. The zero-order valence-electron chi connectivity index (χ0n) is 11.3. The fraction of sp³-hybridized carbons (Fsp3) is 0.538. The standard InChI is InChI=1S/C13H20ClNO3S/c1-3-18-13-10-11(2)6-7-12(13)15-19(16,17)9-5-4-8-14/h6-7,10,15H,3-5,8-9H2,1-2H3. The summed E-state index contributed by atoms with van der Waals surface area (Å²) in [6, 6.07) is 5.39. The van der Waals surface area contributed by atoms with Gasteiger partial charge in [0.15, 0.2) is 0 Å². The van der Waals surface area contributed by atoms with Crippen molar-refractivity contribution in [3.8, 4) is 5.75 Å². The first-order valence-electron chi connectivity index (χ1n) is 6.28. The van der Waals surface area contributed by atoms with Gasteiger partial charge in [0.25, 0.3) is 0 Å². The Morgan fingerprint density at radius 1 is 1.32 bits per heavy atom. The topological polar surface area (TPSA) is 55.4 Å². The molecule has 19 heavy (non-hydrogen) atoms. The maximum atomic E-state index is 11.9. The van der Waals surface area contributed by atoms with Crippen LogP contribution in [-0.2, 0) is 10.0 Å². The molecule has 6 heteroatoms. The molecule has 0 aromatic heterocycles. The molecule has 1 N–H and O–H groups in total. The summed E-state index contributed by atoms with van der Waals surface area (Å²) < 4.78 is 31.8. The van der Waals surface area contributed by atoms with E-state index in [0.717, 1.165) is 5.56 Å². The lowest BCUT2D eigenvalue weighted by atomic mass is 10.2. The summed E-state index contributed by atoms with van der Waals surface area (Å²) in [5.41, 5.74) is 1.51. The van der Waals surface area contributed by atoms with Crippen molar-refractivity contribution in [1.29, 1.82) is 0 Å². The number of halogens is 1. The number of benzene rings is 1. The second kappa shape index (κ2) is 7.60. The van der Waals surface area contributed by atoms with Crippen LogP contribution in [0.1, 0.15) is 25.3 Å². The minimum Gasteiger partial charge on any atom is -0.492 e. The van der Waals surface area contributed by atoms with Crippen molar-refractivity contribution >= 4 is 27.3 Å². The Bertz CT molecular complexity index is 503. The first kappa shape index (κ1) is 16.1. The number of nitrogens with one attached hydrogen (secondary N) is 1. The number of rotatable bonds is 8. The number of hydrogen-bond donors (Lipinski definition) is 1. The molecule has 0 fully saturated rings. The lowest BCUT2D eigenvalue weighted by Crippen LogP contribution is -2.17. The Balaban J connectivity index is 2.80. The van der Waals surface area contributed by atoms with Crippen LogP contribution in [0.25, 0.3) is 0 Å². The predicted molar refractivity (Wildman–Crippen MR) is 79.7 cm³/mol. The molecular weight excluding hydrogens is 286 g/mol. The van der Waals surface area contributed by atoms with Crippen molar-refractivity contribution in [2.45, 2.75) is 26.7 Å². The molecule has 0 bridgehead atoms. The minimum absolute atomic E-state index is 0.0686. The highest BCUT2D eigenvalue weighted by atomic mass is 35.5. The van der Waals surface area contributed by atoms with E-state index in [1.165, 1.54) is 0 Å². The molecule has 0 radical (unpaired) electrons. The summed E-state index contributed by atoms with van der Waals surface area (Å²) in [5.74, 6) is 1.10. The number of unbranched alkanes of at least 4 members (excludes halogenated alkanes) is 1. The summed E-state index contributed by atoms with van der Waals surface area (Å²) in [6.45, 7) is 4.28. The van der Waals surface area contributed by atoms with E-state index in [9.17, 15) is 8.42 Å². The number of ether oxygens (including phenoxy) is 1. The highest BCUT2D eigenvalue weighted by Gasteiger charge is 2.13. The minimum atomic E-state index is -3.35. The van der Waals surface area contributed by atoms with E-state index in [1.807, 2.05) is 26.0 Å². The highest BCUT2D eigenvalue weighted by molar-refractivity contribution is 7.92. The predicted octanol–water partition coefficient (Wildman–Crippen LogP) is 3.15. The van der Waals surface area contributed by atoms with Crippen LogP contribution in [0.2, 0.25) is 0 Å². The van der Waals surface area contributed by atoms with Crippen molar-refractivity contribution in [2.24, 2.45) is 0 Å². The van der Waals surface area contributed by atoms with Crippen LogP contribution in [0.15, 0.2) is 18.2 Å². The summed E-state index contributed by atoms with van der Waals surface area (Å²) in [4.78, 5) is 0. The van der Waals surface area contributed by atoms with E-state index in [4.69, 9.17) is 16.3 Å². The van der Waals surface area contributed by atoms with Crippen molar-refractivity contribution in [3.05, 3.63) is 23.8 Å². The zero-order valence-corrected chi connectivity index (χ0v) is 12.9. The third-order valence-corrected chi connectivity index (χ3v) is 4.12. The quantitative estimate of drug-likeness (QED) is 0.593. The first-order chi connectivity index (χ1) is 8.98. The maximum Gasteiger partial charge on any atom is 0.232 e. The molecule has 0 atom stereocenters. The molecule has 0 spiro atoms. The van der Waals surface area contributed by atoms with Crippen LogP contribution in [-0.4, -0.2) is 26.7 Å². The fourth-order valence-corrected chi connectivity index (χ4v) is 2.97. The third kappa shape index (κ3) is 5.70. The fourth-order valence-electron chi connectivity index (χ4n) is 1.59. The van der Waals surface area contributed by atoms with Crippen LogP contribution in [0.3, 0.4) is 0 Å². The van der Waals surface area contributed by atoms with E-state index in [-0.39, 0.29) is 5.75 Å². The van der Waals surface area contributed by atoms with Gasteiger partial charge in [0, 0.05) is 5.88 Å². The molecule has 0 saturated heterocycles. The molecular formula is C13H20ClNO3S. The number of aryl methyl sites for hydroxylation is 1. The lowest BCUT2D eigenvalue weighted by molar-refractivity contribution is 0.342. The summed E-state index contributed by atoms with van der Waals surface area (Å²) in [5, 5.41) is 0. The van der Waals surface area contributed by atoms with Gasteiger partial charge in [-0.2, -0.15) is 0 Å². The molecule has 0 saturated carbocycles. The molecule has 1 aromatic carbocycles. The van der Waals surface area contributed by atoms with Crippen LogP contribution in [0.4, 0.5) is 5.69 Å². The second-order valence-electron chi connectivity index (χ2n) is 4.25. The van der Waals surface area contributed by atoms with E-state index >= 15 is 0 Å². The Morgan fingerprint density at radius 2 is 2.05 bits per heavy atom. The Labute approximate surface area is 120 Å². The molecule has 0 heterocycles. The van der Waals surface area contributed by atoms with Gasteiger partial charge in [-0.25, -0.2) is 8.42 Å². The molecule has 1 rings (SSSR count). The second-order valence-corrected chi connectivity index (χ2v) is 6.47. The van der Waals surface area contributed by atoms with Gasteiger partial charge in [0.2, 0.25) is 10.0 Å². The largest absolute Gasteiger partial charge is 0.492 e. The third-order valence-electron chi connectivity index (χ3n) is 2.50. The van der Waals surface area contributed by atoms with Gasteiger partial charge < -0.3 is 4.74 Å². The van der Waals surface area contributed by atoms with Gasteiger partial charge in [-0.1, -0.05) is 6.07 Å². The Morgan fingerprint density at radius 3 is 2.68 bits per heavy atom. The average Bonchev–Trinajstić information content (AvgIpc) is 2.33. The Hall–Kier alpha value is -0.940. The molecule has 108 valence electrons. The molecule has 1 aromatic rings. The van der Waals surface area contributed by atoms with E-state index in [0.29, 0.717) is 36.8 Å². The van der Waals surface area contributed by atoms with Gasteiger partial charge in [-0.3, -0.25) is 4.72 Å². The molecule has 0 aliphatic carbocycles. The molecule has 0 aliphatic heterocycles. The van der Waals surface area contributed by atoms with E-state index in [2.05, 4.69) is 4.72 Å². The van der Waals surface area contributed by atoms with Crippen LogP contribution in [0, 0.1) is 6.92 Å². The summed E-state index contributed by atoms with van der Waals surface area (Å²) >= 11 is 5.54. The molecule has 0 amide bonds. The van der Waals surface area contributed by atoms with Crippen molar-refractivity contribution in [1.82, 2.24) is 0 Å². The number of alkyl halides is 1. The van der Waals surface area contributed by atoms with Crippen molar-refractivity contribution in [3.63, 3.8) is 0 Å². The van der Waals surface area contributed by atoms with Crippen LogP contribution >= 0.6 is 11.6 Å². The van der Waals surface area contributed by atoms with E-state index in [1.54, 1.807) is 6.07 Å². The average molecular weight is 306 g/mol. The van der Waals surface area contributed by atoms with Gasteiger partial charge in [0.05, 0.1) is 18.0 Å². The maximum absolute atomic E-state index is 11.9. The van der Waals surface area contributed by atoms with Gasteiger partial charge in [-0.15, -0.1) is 11.6 Å². The number of hydrogen-bond acceptors (Lipinski definition) is 3. The summed E-state index contributed by atoms with van der Waals surface area (Å²) in [7, 11) is -3.35. The number of anilines is 1. The molecule has 0 aliphatic rings. The van der Waals surface area contributed by atoms with Gasteiger partial charge in [0.1, 0.15) is 5.75 Å². The first-order valence-corrected chi connectivity index (χ1v) is 8.47. The number of sulfonamides is 1.